The van der Waals surface area contributed by atoms with E-state index in [1.54, 1.807) is 11.3 Å². The van der Waals surface area contributed by atoms with Gasteiger partial charge in [-0.15, -0.1) is 10.2 Å². The Morgan fingerprint density at radius 2 is 2.04 bits per heavy atom. The largest absolute Gasteiger partial charge is 0.347 e. The van der Waals surface area contributed by atoms with E-state index < -0.39 is 0 Å². The van der Waals surface area contributed by atoms with Crippen molar-refractivity contribution in [3.05, 3.63) is 53.3 Å². The molecule has 1 fully saturated rings. The van der Waals surface area contributed by atoms with Gasteiger partial charge < -0.3 is 9.47 Å². The van der Waals surface area contributed by atoms with Gasteiger partial charge in [-0.3, -0.25) is 4.98 Å². The number of rotatable bonds is 5. The Hall–Kier alpha value is -2.28. The molecule has 0 N–H and O–H groups in total. The first kappa shape index (κ1) is 17.1. The standard InChI is InChI=1S/C19H24N6S/c1-14(2)18-22-23-19(26-18)24-9-5-16(6-10-24)17-21-8-11-25(17)13-15-4-3-7-20-12-15/h3-4,7-8,11-12,14,16H,5-6,9-10,13H2,1-2H3. The molecule has 1 aliphatic heterocycles. The zero-order valence-electron chi connectivity index (χ0n) is 15.2. The summed E-state index contributed by atoms with van der Waals surface area (Å²) in [5.41, 5.74) is 1.21. The van der Waals surface area contributed by atoms with Crippen LogP contribution in [-0.4, -0.2) is 37.8 Å². The van der Waals surface area contributed by atoms with Crippen LogP contribution in [0.25, 0.3) is 0 Å². The van der Waals surface area contributed by atoms with E-state index in [0.717, 1.165) is 42.6 Å². The van der Waals surface area contributed by atoms with Crippen LogP contribution in [0.3, 0.4) is 0 Å². The smallest absolute Gasteiger partial charge is 0.208 e. The number of imidazole rings is 1. The molecule has 1 saturated heterocycles. The van der Waals surface area contributed by atoms with Crippen molar-refractivity contribution in [2.45, 2.75) is 45.1 Å². The Kier molecular flexibility index (Phi) is 4.97. The molecule has 0 atom stereocenters. The highest BCUT2D eigenvalue weighted by atomic mass is 32.1. The number of nitrogens with zero attached hydrogens (tertiary/aromatic N) is 6. The van der Waals surface area contributed by atoms with Crippen LogP contribution >= 0.6 is 11.3 Å². The molecule has 0 aliphatic carbocycles. The quantitative estimate of drug-likeness (QED) is 0.687. The zero-order valence-corrected chi connectivity index (χ0v) is 16.1. The van der Waals surface area contributed by atoms with Crippen molar-refractivity contribution < 1.29 is 0 Å². The molecule has 0 bridgehead atoms. The second-order valence-electron chi connectivity index (χ2n) is 7.11. The first-order valence-electron chi connectivity index (χ1n) is 9.19. The lowest BCUT2D eigenvalue weighted by Crippen LogP contribution is -2.33. The molecule has 0 radical (unpaired) electrons. The highest BCUT2D eigenvalue weighted by Gasteiger charge is 2.26. The average molecular weight is 369 g/mol. The van der Waals surface area contributed by atoms with Gasteiger partial charge in [0.25, 0.3) is 0 Å². The Bertz CT molecular complexity index is 833. The first-order valence-corrected chi connectivity index (χ1v) is 10.0. The topological polar surface area (TPSA) is 59.7 Å². The fourth-order valence-electron chi connectivity index (χ4n) is 3.42. The minimum atomic E-state index is 0.443. The molecule has 4 rings (SSSR count). The van der Waals surface area contributed by atoms with Gasteiger partial charge in [-0.1, -0.05) is 31.3 Å². The summed E-state index contributed by atoms with van der Waals surface area (Å²) >= 11 is 1.73. The summed E-state index contributed by atoms with van der Waals surface area (Å²) < 4.78 is 2.26. The van der Waals surface area contributed by atoms with Crippen molar-refractivity contribution in [1.82, 2.24) is 24.7 Å². The van der Waals surface area contributed by atoms with Crippen molar-refractivity contribution in [2.75, 3.05) is 18.0 Å². The number of anilines is 1. The van der Waals surface area contributed by atoms with Gasteiger partial charge in [0.05, 0.1) is 6.54 Å². The molecule has 3 aromatic rings. The normalized spacial score (nSPS) is 15.7. The Morgan fingerprint density at radius 1 is 1.19 bits per heavy atom. The maximum absolute atomic E-state index is 4.66. The molecule has 26 heavy (non-hydrogen) atoms. The molecule has 0 aromatic carbocycles. The fraction of sp³-hybridized carbons (Fsp3) is 0.474. The van der Waals surface area contributed by atoms with Crippen LogP contribution in [0, 0.1) is 0 Å². The van der Waals surface area contributed by atoms with Gasteiger partial charge in [0.2, 0.25) is 5.13 Å². The van der Waals surface area contributed by atoms with Crippen LogP contribution in [0.15, 0.2) is 36.9 Å². The third kappa shape index (κ3) is 3.62. The fourth-order valence-corrected chi connectivity index (χ4v) is 4.32. The van der Waals surface area contributed by atoms with E-state index in [1.165, 1.54) is 11.4 Å². The van der Waals surface area contributed by atoms with E-state index in [1.807, 2.05) is 24.7 Å². The average Bonchev–Trinajstić information content (AvgIpc) is 3.32. The van der Waals surface area contributed by atoms with Crippen molar-refractivity contribution >= 4 is 16.5 Å². The number of pyridine rings is 1. The summed E-state index contributed by atoms with van der Waals surface area (Å²) in [5.74, 6) is 2.13. The maximum Gasteiger partial charge on any atom is 0.208 e. The van der Waals surface area contributed by atoms with Gasteiger partial charge in [-0.05, 0) is 24.5 Å². The lowest BCUT2D eigenvalue weighted by molar-refractivity contribution is 0.469. The molecule has 0 saturated carbocycles. The van der Waals surface area contributed by atoms with Crippen LogP contribution in [0.2, 0.25) is 0 Å². The van der Waals surface area contributed by atoms with E-state index in [4.69, 9.17) is 0 Å². The molecular weight excluding hydrogens is 344 g/mol. The van der Waals surface area contributed by atoms with E-state index in [2.05, 4.69) is 55.7 Å². The van der Waals surface area contributed by atoms with Crippen molar-refractivity contribution in [3.63, 3.8) is 0 Å². The monoisotopic (exact) mass is 368 g/mol. The Morgan fingerprint density at radius 3 is 2.73 bits per heavy atom. The summed E-state index contributed by atoms with van der Waals surface area (Å²) in [7, 11) is 0. The van der Waals surface area contributed by atoms with Gasteiger partial charge >= 0.3 is 0 Å². The lowest BCUT2D eigenvalue weighted by atomic mass is 9.96. The van der Waals surface area contributed by atoms with Gasteiger partial charge in [-0.2, -0.15) is 0 Å². The first-order chi connectivity index (χ1) is 12.7. The molecule has 0 spiro atoms. The lowest BCUT2D eigenvalue weighted by Gasteiger charge is -2.31. The number of piperidine rings is 1. The Balaban J connectivity index is 1.41. The molecular formula is C19H24N6S. The molecule has 4 heterocycles. The molecule has 0 unspecified atom stereocenters. The number of aromatic nitrogens is 5. The van der Waals surface area contributed by atoms with E-state index in [9.17, 15) is 0 Å². The third-order valence-corrected chi connectivity index (χ3v) is 6.16. The van der Waals surface area contributed by atoms with Gasteiger partial charge in [0.15, 0.2) is 0 Å². The maximum atomic E-state index is 4.66. The van der Waals surface area contributed by atoms with Crippen LogP contribution in [0.5, 0.6) is 0 Å². The summed E-state index contributed by atoms with van der Waals surface area (Å²) in [6.07, 6.45) is 9.92. The van der Waals surface area contributed by atoms with Crippen LogP contribution in [0.1, 0.15) is 54.9 Å². The SMILES string of the molecule is CC(C)c1nnc(N2CCC(c3nccn3Cc3cccnc3)CC2)s1. The predicted molar refractivity (Wildman–Crippen MR) is 104 cm³/mol. The molecule has 6 nitrogen and oxygen atoms in total. The molecule has 136 valence electrons. The molecule has 0 amide bonds. The number of hydrogen-bond acceptors (Lipinski definition) is 6. The summed E-state index contributed by atoms with van der Waals surface area (Å²) in [4.78, 5) is 11.2. The van der Waals surface area contributed by atoms with Crippen molar-refractivity contribution in [1.29, 1.82) is 0 Å². The van der Waals surface area contributed by atoms with Gasteiger partial charge in [0, 0.05) is 49.7 Å². The minimum Gasteiger partial charge on any atom is -0.347 e. The minimum absolute atomic E-state index is 0.443. The van der Waals surface area contributed by atoms with E-state index >= 15 is 0 Å². The summed E-state index contributed by atoms with van der Waals surface area (Å²) in [6.45, 7) is 7.18. The summed E-state index contributed by atoms with van der Waals surface area (Å²) in [6, 6.07) is 4.10. The second kappa shape index (κ2) is 7.53. The third-order valence-electron chi connectivity index (χ3n) is 4.88. The zero-order chi connectivity index (χ0) is 17.9. The Labute approximate surface area is 157 Å². The summed E-state index contributed by atoms with van der Waals surface area (Å²) in [5, 5.41) is 10.9. The predicted octanol–water partition coefficient (Wildman–Crippen LogP) is 3.69. The molecule has 1 aliphatic rings. The van der Waals surface area contributed by atoms with Gasteiger partial charge in [0.1, 0.15) is 10.8 Å². The van der Waals surface area contributed by atoms with E-state index in [-0.39, 0.29) is 0 Å². The van der Waals surface area contributed by atoms with Crippen LogP contribution in [-0.2, 0) is 6.54 Å². The molecule has 7 heteroatoms. The van der Waals surface area contributed by atoms with Crippen molar-refractivity contribution in [2.24, 2.45) is 0 Å². The second-order valence-corrected chi connectivity index (χ2v) is 8.10. The van der Waals surface area contributed by atoms with Gasteiger partial charge in [-0.25, -0.2) is 4.98 Å². The van der Waals surface area contributed by atoms with E-state index in [0.29, 0.717) is 11.8 Å². The van der Waals surface area contributed by atoms with Crippen LogP contribution < -0.4 is 4.90 Å². The highest BCUT2D eigenvalue weighted by molar-refractivity contribution is 7.15. The highest BCUT2D eigenvalue weighted by Crippen LogP contribution is 2.32. The van der Waals surface area contributed by atoms with Crippen LogP contribution in [0.4, 0.5) is 5.13 Å². The number of hydrogen-bond donors (Lipinski definition) is 0. The molecule has 3 aromatic heterocycles. The van der Waals surface area contributed by atoms with Crippen molar-refractivity contribution in [3.8, 4) is 0 Å².